The summed E-state index contributed by atoms with van der Waals surface area (Å²) in [5.41, 5.74) is 0.938. The second-order valence-corrected chi connectivity index (χ2v) is 2.83. The SMILES string of the molecule is CC(=O)O.CC(O)C#Cc1ccccc1. The third kappa shape index (κ3) is 10.1. The molecule has 0 amide bonds. The highest BCUT2D eigenvalue weighted by molar-refractivity contribution is 5.62. The Morgan fingerprint density at radius 2 is 1.80 bits per heavy atom. The van der Waals surface area contributed by atoms with E-state index in [2.05, 4.69) is 11.8 Å². The Balaban J connectivity index is 0.000000423. The summed E-state index contributed by atoms with van der Waals surface area (Å²) in [5.74, 6) is 4.68. The van der Waals surface area contributed by atoms with Gasteiger partial charge in [-0.2, -0.15) is 0 Å². The predicted molar refractivity (Wildman–Crippen MR) is 58.3 cm³/mol. The van der Waals surface area contributed by atoms with Crippen LogP contribution in [0.2, 0.25) is 0 Å². The van der Waals surface area contributed by atoms with Crippen LogP contribution in [0.3, 0.4) is 0 Å². The fourth-order valence-electron chi connectivity index (χ4n) is 0.709. The maximum Gasteiger partial charge on any atom is 0.300 e. The lowest BCUT2D eigenvalue weighted by molar-refractivity contribution is -0.134. The molecule has 1 aromatic rings. The molecule has 0 saturated carbocycles. The van der Waals surface area contributed by atoms with Crippen LogP contribution in [-0.2, 0) is 4.79 Å². The monoisotopic (exact) mass is 206 g/mol. The molecule has 1 rings (SSSR count). The molecule has 3 heteroatoms. The molecule has 0 aliphatic heterocycles. The van der Waals surface area contributed by atoms with Crippen molar-refractivity contribution in [2.24, 2.45) is 0 Å². The molecule has 3 nitrogen and oxygen atoms in total. The van der Waals surface area contributed by atoms with Gasteiger partial charge in [0.1, 0.15) is 6.10 Å². The first kappa shape index (κ1) is 13.2. The van der Waals surface area contributed by atoms with E-state index >= 15 is 0 Å². The van der Waals surface area contributed by atoms with Crippen molar-refractivity contribution in [3.05, 3.63) is 35.9 Å². The summed E-state index contributed by atoms with van der Waals surface area (Å²) in [7, 11) is 0. The van der Waals surface area contributed by atoms with Crippen molar-refractivity contribution in [1.29, 1.82) is 0 Å². The zero-order chi connectivity index (χ0) is 11.7. The van der Waals surface area contributed by atoms with E-state index in [9.17, 15) is 0 Å². The molecule has 0 aliphatic carbocycles. The van der Waals surface area contributed by atoms with Gasteiger partial charge in [-0.25, -0.2) is 0 Å². The molecule has 1 unspecified atom stereocenters. The van der Waals surface area contributed by atoms with Crippen LogP contribution in [0.1, 0.15) is 19.4 Å². The highest BCUT2D eigenvalue weighted by Gasteiger charge is 1.84. The minimum absolute atomic E-state index is 0.546. The fourth-order valence-corrected chi connectivity index (χ4v) is 0.709. The van der Waals surface area contributed by atoms with Gasteiger partial charge in [0.05, 0.1) is 0 Å². The Morgan fingerprint density at radius 3 is 2.20 bits per heavy atom. The Hall–Kier alpha value is -1.79. The number of carboxylic acid groups (broad SMARTS) is 1. The summed E-state index contributed by atoms with van der Waals surface area (Å²) in [4.78, 5) is 9.00. The standard InChI is InChI=1S/C10H10O.C2H4O2/c1-9(11)7-8-10-5-3-2-4-6-10;1-2(3)4/h2-6,9,11H,1H3;1H3,(H,3,4). The van der Waals surface area contributed by atoms with E-state index < -0.39 is 12.1 Å². The molecule has 80 valence electrons. The quantitative estimate of drug-likeness (QED) is 0.632. The van der Waals surface area contributed by atoms with Crippen LogP contribution in [-0.4, -0.2) is 22.3 Å². The van der Waals surface area contributed by atoms with E-state index in [0.717, 1.165) is 12.5 Å². The summed E-state index contributed by atoms with van der Waals surface area (Å²) in [6.07, 6.45) is -0.546. The van der Waals surface area contributed by atoms with Crippen molar-refractivity contribution in [1.82, 2.24) is 0 Å². The predicted octanol–water partition coefficient (Wildman–Crippen LogP) is 1.51. The van der Waals surface area contributed by atoms with Gasteiger partial charge in [-0.05, 0) is 19.1 Å². The first-order valence-corrected chi connectivity index (χ1v) is 4.46. The van der Waals surface area contributed by atoms with E-state index in [-0.39, 0.29) is 0 Å². The lowest BCUT2D eigenvalue weighted by Gasteiger charge is -1.88. The number of hydrogen-bond acceptors (Lipinski definition) is 2. The van der Waals surface area contributed by atoms with E-state index in [0.29, 0.717) is 0 Å². The molecule has 0 spiro atoms. The normalized spacial score (nSPS) is 10.1. The van der Waals surface area contributed by atoms with Crippen LogP contribution >= 0.6 is 0 Å². The van der Waals surface area contributed by atoms with Gasteiger partial charge >= 0.3 is 0 Å². The summed E-state index contributed by atoms with van der Waals surface area (Å²) in [6.45, 7) is 2.73. The molecule has 0 aliphatic rings. The average Bonchev–Trinajstić information content (AvgIpc) is 2.15. The van der Waals surface area contributed by atoms with Crippen molar-refractivity contribution in [2.45, 2.75) is 20.0 Å². The van der Waals surface area contributed by atoms with E-state index in [1.165, 1.54) is 0 Å². The molecule has 0 radical (unpaired) electrons. The summed E-state index contributed by atoms with van der Waals surface area (Å²) in [5, 5.41) is 16.3. The van der Waals surface area contributed by atoms with E-state index in [1.807, 2.05) is 30.3 Å². The van der Waals surface area contributed by atoms with Crippen LogP contribution in [0.15, 0.2) is 30.3 Å². The molecule has 0 fully saturated rings. The van der Waals surface area contributed by atoms with Gasteiger partial charge in [-0.1, -0.05) is 30.0 Å². The maximum absolute atomic E-state index is 9.00. The van der Waals surface area contributed by atoms with Gasteiger partial charge in [0, 0.05) is 12.5 Å². The number of rotatable bonds is 0. The van der Waals surface area contributed by atoms with Gasteiger partial charge in [0.2, 0.25) is 0 Å². The van der Waals surface area contributed by atoms with Gasteiger partial charge in [0.25, 0.3) is 5.97 Å². The van der Waals surface area contributed by atoms with E-state index in [4.69, 9.17) is 15.0 Å². The molecule has 2 N–H and O–H groups in total. The molecular formula is C12H14O3. The zero-order valence-corrected chi connectivity index (χ0v) is 8.77. The number of aliphatic carboxylic acids is 1. The Morgan fingerprint density at radius 1 is 1.33 bits per heavy atom. The van der Waals surface area contributed by atoms with Gasteiger partial charge < -0.3 is 10.2 Å². The maximum atomic E-state index is 9.00. The third-order valence-corrected chi connectivity index (χ3v) is 1.20. The van der Waals surface area contributed by atoms with Crippen molar-refractivity contribution in [2.75, 3.05) is 0 Å². The van der Waals surface area contributed by atoms with E-state index in [1.54, 1.807) is 6.92 Å². The molecule has 1 aromatic carbocycles. The smallest absolute Gasteiger partial charge is 0.300 e. The molecule has 0 bridgehead atoms. The number of benzene rings is 1. The topological polar surface area (TPSA) is 57.5 Å². The van der Waals surface area contributed by atoms with Crippen molar-refractivity contribution in [3.8, 4) is 11.8 Å². The number of carboxylic acids is 1. The molecule has 0 saturated heterocycles. The molecule has 0 heterocycles. The van der Waals surface area contributed by atoms with Crippen LogP contribution in [0.4, 0.5) is 0 Å². The number of aliphatic hydroxyl groups is 1. The van der Waals surface area contributed by atoms with Crippen LogP contribution in [0.5, 0.6) is 0 Å². The molecule has 15 heavy (non-hydrogen) atoms. The Bertz CT molecular complexity index is 340. The first-order chi connectivity index (χ1) is 7.02. The van der Waals surface area contributed by atoms with Crippen LogP contribution < -0.4 is 0 Å². The fraction of sp³-hybridized carbons (Fsp3) is 0.250. The lowest BCUT2D eigenvalue weighted by Crippen LogP contribution is -1.92. The van der Waals surface area contributed by atoms with Gasteiger partial charge in [0.15, 0.2) is 0 Å². The summed E-state index contributed by atoms with van der Waals surface area (Å²) >= 11 is 0. The molecule has 0 aromatic heterocycles. The average molecular weight is 206 g/mol. The molecule has 1 atom stereocenters. The van der Waals surface area contributed by atoms with Crippen LogP contribution in [0.25, 0.3) is 0 Å². The summed E-state index contributed by atoms with van der Waals surface area (Å²) < 4.78 is 0. The van der Waals surface area contributed by atoms with Crippen molar-refractivity contribution < 1.29 is 15.0 Å². The minimum atomic E-state index is -0.833. The number of carbonyl (C=O) groups is 1. The molecular weight excluding hydrogens is 192 g/mol. The van der Waals surface area contributed by atoms with Crippen LogP contribution in [0, 0.1) is 11.8 Å². The third-order valence-electron chi connectivity index (χ3n) is 1.20. The lowest BCUT2D eigenvalue weighted by atomic mass is 10.2. The second-order valence-electron chi connectivity index (χ2n) is 2.83. The largest absolute Gasteiger partial charge is 0.481 e. The minimum Gasteiger partial charge on any atom is -0.481 e. The summed E-state index contributed by atoms with van der Waals surface area (Å²) in [6, 6.07) is 9.61. The number of hydrogen-bond donors (Lipinski definition) is 2. The second kappa shape index (κ2) is 7.60. The van der Waals surface area contributed by atoms with Crippen molar-refractivity contribution >= 4 is 5.97 Å². The van der Waals surface area contributed by atoms with Crippen molar-refractivity contribution in [3.63, 3.8) is 0 Å². The number of aliphatic hydroxyl groups excluding tert-OH is 1. The highest BCUT2D eigenvalue weighted by atomic mass is 16.4. The highest BCUT2D eigenvalue weighted by Crippen LogP contribution is 1.94. The van der Waals surface area contributed by atoms with Gasteiger partial charge in [-0.3, -0.25) is 4.79 Å². The Labute approximate surface area is 89.4 Å². The first-order valence-electron chi connectivity index (χ1n) is 4.46. The Kier molecular flexibility index (Phi) is 6.69. The van der Waals surface area contributed by atoms with Gasteiger partial charge in [-0.15, -0.1) is 0 Å². The zero-order valence-electron chi connectivity index (χ0n) is 8.77.